The molecule has 0 aromatic rings. The molecule has 6 heteroatoms. The van der Waals surface area contributed by atoms with Crippen LogP contribution in [0, 0.1) is 11.8 Å². The van der Waals surface area contributed by atoms with Crippen LogP contribution in [0.1, 0.15) is 19.8 Å². The number of ether oxygens (including phenoxy) is 2. The predicted octanol–water partition coefficient (Wildman–Crippen LogP) is 1.40. The molecule has 2 bridgehead atoms. The minimum atomic E-state index is -3.49. The maximum atomic E-state index is 11.5. The summed E-state index contributed by atoms with van der Waals surface area (Å²) in [5.41, 5.74) is -0.796. The van der Waals surface area contributed by atoms with E-state index >= 15 is 0 Å². The van der Waals surface area contributed by atoms with Crippen LogP contribution in [0.5, 0.6) is 0 Å². The number of hydrogen-bond donors (Lipinski definition) is 1. The van der Waals surface area contributed by atoms with E-state index in [1.54, 1.807) is 7.11 Å². The fraction of sp³-hybridized carbons (Fsp3) is 1.00. The number of methoxy groups -OCH3 is 1. The maximum Gasteiger partial charge on any atom is 0.325 e. The van der Waals surface area contributed by atoms with Crippen LogP contribution < -0.4 is 0 Å². The molecule has 5 nitrogen and oxygen atoms in total. The fourth-order valence-electron chi connectivity index (χ4n) is 3.91. The summed E-state index contributed by atoms with van der Waals surface area (Å²) in [5.74, 6) is 0.907. The van der Waals surface area contributed by atoms with E-state index in [0.717, 1.165) is 12.8 Å². The summed E-state index contributed by atoms with van der Waals surface area (Å²) in [4.78, 5) is 9.45. The van der Waals surface area contributed by atoms with Crippen molar-refractivity contribution in [3.05, 3.63) is 0 Å². The van der Waals surface area contributed by atoms with Crippen molar-refractivity contribution in [2.75, 3.05) is 20.4 Å². The summed E-state index contributed by atoms with van der Waals surface area (Å²) >= 11 is 0. The molecule has 4 rings (SSSR count). The van der Waals surface area contributed by atoms with Crippen LogP contribution in [0.4, 0.5) is 0 Å². The van der Waals surface area contributed by atoms with E-state index in [-0.39, 0.29) is 11.7 Å². The SMILES string of the molecule is COC[C@@]12CCC3[C@H](C)[C@]3(O1)C2OP(C)(=O)O. The molecule has 2 heterocycles. The summed E-state index contributed by atoms with van der Waals surface area (Å²) in [5, 5.41) is 0. The van der Waals surface area contributed by atoms with E-state index in [9.17, 15) is 9.46 Å². The van der Waals surface area contributed by atoms with Crippen molar-refractivity contribution in [1.29, 1.82) is 0 Å². The van der Waals surface area contributed by atoms with Gasteiger partial charge in [-0.1, -0.05) is 6.92 Å². The second kappa shape index (κ2) is 3.34. The quantitative estimate of drug-likeness (QED) is 0.776. The molecule has 2 saturated carbocycles. The lowest BCUT2D eigenvalue weighted by Crippen LogP contribution is -2.72. The maximum absolute atomic E-state index is 11.5. The molecule has 4 aliphatic rings. The van der Waals surface area contributed by atoms with Gasteiger partial charge in [0.15, 0.2) is 0 Å². The van der Waals surface area contributed by atoms with Gasteiger partial charge in [-0.2, -0.15) is 0 Å². The zero-order valence-corrected chi connectivity index (χ0v) is 11.3. The smallest absolute Gasteiger partial charge is 0.325 e. The van der Waals surface area contributed by atoms with Crippen molar-refractivity contribution >= 4 is 7.60 Å². The highest BCUT2D eigenvalue weighted by molar-refractivity contribution is 7.51. The summed E-state index contributed by atoms with van der Waals surface area (Å²) in [6.45, 7) is 3.79. The van der Waals surface area contributed by atoms with E-state index in [4.69, 9.17) is 14.0 Å². The van der Waals surface area contributed by atoms with Crippen LogP contribution >= 0.6 is 7.60 Å². The molecule has 0 aromatic carbocycles. The highest BCUT2D eigenvalue weighted by atomic mass is 31.2. The topological polar surface area (TPSA) is 65.0 Å². The molecule has 2 aliphatic heterocycles. The molecule has 0 aromatic heterocycles. The average Bonchev–Trinajstić information content (AvgIpc) is 2.84. The second-order valence-corrected chi connectivity index (χ2v) is 7.49. The molecule has 1 N–H and O–H groups in total. The number of fused-ring (bicyclic) bond motifs is 1. The first-order valence-corrected chi connectivity index (χ1v) is 8.06. The summed E-state index contributed by atoms with van der Waals surface area (Å²) in [7, 11) is -1.87. The largest absolute Gasteiger partial charge is 0.382 e. The predicted molar refractivity (Wildman–Crippen MR) is 60.9 cm³/mol. The first-order chi connectivity index (χ1) is 7.86. The third-order valence-electron chi connectivity index (χ3n) is 4.62. The van der Waals surface area contributed by atoms with Gasteiger partial charge >= 0.3 is 7.60 Å². The van der Waals surface area contributed by atoms with Crippen LogP contribution in [0.15, 0.2) is 0 Å². The number of hydrogen-bond acceptors (Lipinski definition) is 4. The van der Waals surface area contributed by atoms with Crippen molar-refractivity contribution in [1.82, 2.24) is 0 Å². The Balaban J connectivity index is 1.86. The zero-order chi connectivity index (χ0) is 12.5. The van der Waals surface area contributed by atoms with E-state index in [2.05, 4.69) is 6.92 Å². The Kier molecular flexibility index (Phi) is 2.38. The van der Waals surface area contributed by atoms with Crippen LogP contribution in [-0.4, -0.2) is 42.6 Å². The fourth-order valence-corrected chi connectivity index (χ4v) is 4.66. The van der Waals surface area contributed by atoms with Gasteiger partial charge in [0, 0.05) is 13.8 Å². The summed E-state index contributed by atoms with van der Waals surface area (Å²) in [6.07, 6.45) is 1.66. The standard InChI is InChI=1S/C11H19O5P/c1-7-8-4-5-10(6-14-2)9(11(7,8)16-10)15-17(3,12)13/h7-9H,4-6H2,1-3H3,(H,12,13)/t7-,8?,9?,10+,11+/m0/s1. The van der Waals surface area contributed by atoms with Crippen molar-refractivity contribution in [3.8, 4) is 0 Å². The summed E-state index contributed by atoms with van der Waals surface area (Å²) < 4.78 is 28.2. The van der Waals surface area contributed by atoms with Gasteiger partial charge in [-0.05, 0) is 24.7 Å². The zero-order valence-electron chi connectivity index (χ0n) is 10.4. The molecule has 6 atom stereocenters. The molecule has 0 amide bonds. The average molecular weight is 262 g/mol. The first-order valence-electron chi connectivity index (χ1n) is 6.03. The monoisotopic (exact) mass is 262 g/mol. The molecule has 2 saturated heterocycles. The minimum Gasteiger partial charge on any atom is -0.382 e. The van der Waals surface area contributed by atoms with Gasteiger partial charge in [0.2, 0.25) is 0 Å². The molecular formula is C11H19O5P. The van der Waals surface area contributed by atoms with Crippen LogP contribution in [-0.2, 0) is 18.6 Å². The van der Waals surface area contributed by atoms with Gasteiger partial charge in [0.1, 0.15) is 17.3 Å². The Morgan fingerprint density at radius 1 is 1.59 bits per heavy atom. The third kappa shape index (κ3) is 1.44. The van der Waals surface area contributed by atoms with Crippen molar-refractivity contribution in [2.24, 2.45) is 11.8 Å². The van der Waals surface area contributed by atoms with Gasteiger partial charge in [-0.15, -0.1) is 0 Å². The molecule has 98 valence electrons. The lowest BCUT2D eigenvalue weighted by atomic mass is 9.74. The van der Waals surface area contributed by atoms with Crippen molar-refractivity contribution in [2.45, 2.75) is 37.1 Å². The molecule has 2 aliphatic carbocycles. The van der Waals surface area contributed by atoms with Crippen molar-refractivity contribution in [3.63, 3.8) is 0 Å². The Hall–Kier alpha value is 0.0700. The van der Waals surface area contributed by atoms with Crippen LogP contribution in [0.25, 0.3) is 0 Å². The molecule has 1 spiro atoms. The Bertz CT molecular complexity index is 393. The van der Waals surface area contributed by atoms with Gasteiger partial charge in [-0.25, -0.2) is 0 Å². The lowest BCUT2D eigenvalue weighted by molar-refractivity contribution is -0.337. The first kappa shape index (κ1) is 12.1. The van der Waals surface area contributed by atoms with E-state index in [0.29, 0.717) is 18.4 Å². The van der Waals surface area contributed by atoms with E-state index in [1.165, 1.54) is 6.66 Å². The highest BCUT2D eigenvalue weighted by Gasteiger charge is 2.84. The normalized spacial score (nSPS) is 54.5. The molecular weight excluding hydrogens is 243 g/mol. The second-order valence-electron chi connectivity index (χ2n) is 5.68. The minimum absolute atomic E-state index is 0.287. The molecule has 17 heavy (non-hydrogen) atoms. The van der Waals surface area contributed by atoms with Crippen LogP contribution in [0.2, 0.25) is 0 Å². The van der Waals surface area contributed by atoms with E-state index < -0.39 is 13.2 Å². The highest BCUT2D eigenvalue weighted by Crippen LogP contribution is 2.74. The summed E-state index contributed by atoms with van der Waals surface area (Å²) in [6, 6.07) is 0. The van der Waals surface area contributed by atoms with Crippen LogP contribution in [0.3, 0.4) is 0 Å². The molecule has 4 fully saturated rings. The van der Waals surface area contributed by atoms with Crippen molar-refractivity contribution < 1.29 is 23.5 Å². The van der Waals surface area contributed by atoms with Gasteiger partial charge in [0.25, 0.3) is 0 Å². The lowest BCUT2D eigenvalue weighted by Gasteiger charge is -2.58. The Labute approximate surface area is 101 Å². The van der Waals surface area contributed by atoms with Gasteiger partial charge < -0.3 is 14.4 Å². The van der Waals surface area contributed by atoms with Gasteiger partial charge in [-0.3, -0.25) is 9.09 Å². The third-order valence-corrected chi connectivity index (χ3v) is 5.22. The van der Waals surface area contributed by atoms with E-state index in [1.807, 2.05) is 0 Å². The Morgan fingerprint density at radius 3 is 2.88 bits per heavy atom. The van der Waals surface area contributed by atoms with Gasteiger partial charge in [0.05, 0.1) is 6.61 Å². The molecule has 3 unspecified atom stereocenters. The molecule has 0 radical (unpaired) electrons. The number of rotatable bonds is 4. The Morgan fingerprint density at radius 2 is 2.29 bits per heavy atom.